The molecule has 0 amide bonds. The van der Waals surface area contributed by atoms with Crippen molar-refractivity contribution >= 4 is 5.96 Å². The Bertz CT molecular complexity index is 654. The monoisotopic (exact) mass is 331 g/mol. The Morgan fingerprint density at radius 1 is 1.21 bits per heavy atom. The standard InChI is InChI=1S/C17H29N7/c1-5-18-17(20-8-10-23-13-14(2)12-21-23)19-7-6-9-24-16(4)11-15(3)22-24/h11-13H,5-10H2,1-4H3,(H2,18,19,20). The summed E-state index contributed by atoms with van der Waals surface area (Å²) in [5.74, 6) is 0.856. The average Bonchev–Trinajstić information content (AvgIpc) is 3.08. The Morgan fingerprint density at radius 2 is 2.04 bits per heavy atom. The first kappa shape index (κ1) is 18.0. The molecule has 0 spiro atoms. The zero-order valence-corrected chi connectivity index (χ0v) is 15.2. The molecular weight excluding hydrogens is 302 g/mol. The first-order valence-corrected chi connectivity index (χ1v) is 8.60. The van der Waals surface area contributed by atoms with Crippen LogP contribution in [0.3, 0.4) is 0 Å². The molecule has 0 aliphatic carbocycles. The highest BCUT2D eigenvalue weighted by atomic mass is 15.3. The Hall–Kier alpha value is -2.31. The molecular formula is C17H29N7. The number of aliphatic imine (C=N–C) groups is 1. The van der Waals surface area contributed by atoms with E-state index >= 15 is 0 Å². The SMILES string of the molecule is CCNC(=NCCCn1nc(C)cc1C)NCCn1cc(C)cn1. The van der Waals surface area contributed by atoms with Gasteiger partial charge in [0.15, 0.2) is 5.96 Å². The quantitative estimate of drug-likeness (QED) is 0.438. The molecule has 0 aromatic carbocycles. The van der Waals surface area contributed by atoms with Crippen molar-refractivity contribution in [1.29, 1.82) is 0 Å². The van der Waals surface area contributed by atoms with Crippen LogP contribution in [0.15, 0.2) is 23.5 Å². The van der Waals surface area contributed by atoms with E-state index in [2.05, 4.69) is 45.7 Å². The van der Waals surface area contributed by atoms with E-state index in [0.29, 0.717) is 0 Å². The minimum Gasteiger partial charge on any atom is -0.357 e. The maximum absolute atomic E-state index is 4.63. The van der Waals surface area contributed by atoms with Crippen molar-refractivity contribution < 1.29 is 0 Å². The lowest BCUT2D eigenvalue weighted by Gasteiger charge is -2.11. The molecule has 7 nitrogen and oxygen atoms in total. The summed E-state index contributed by atoms with van der Waals surface area (Å²) in [5.41, 5.74) is 3.45. The molecule has 132 valence electrons. The number of guanidine groups is 1. The minimum absolute atomic E-state index is 0.772. The van der Waals surface area contributed by atoms with Gasteiger partial charge < -0.3 is 10.6 Å². The Morgan fingerprint density at radius 3 is 2.67 bits per heavy atom. The number of hydrogen-bond acceptors (Lipinski definition) is 3. The van der Waals surface area contributed by atoms with Gasteiger partial charge in [0.1, 0.15) is 0 Å². The van der Waals surface area contributed by atoms with Gasteiger partial charge in [0.25, 0.3) is 0 Å². The number of nitrogens with one attached hydrogen (secondary N) is 2. The third-order valence-corrected chi connectivity index (χ3v) is 3.64. The van der Waals surface area contributed by atoms with Crippen LogP contribution in [0.1, 0.15) is 30.3 Å². The lowest BCUT2D eigenvalue weighted by atomic mass is 10.4. The second kappa shape index (κ2) is 9.10. The second-order valence-corrected chi connectivity index (χ2v) is 5.97. The molecule has 0 radical (unpaired) electrons. The van der Waals surface area contributed by atoms with Gasteiger partial charge in [-0.25, -0.2) is 0 Å². The number of hydrogen-bond donors (Lipinski definition) is 2. The highest BCUT2D eigenvalue weighted by Gasteiger charge is 2.01. The van der Waals surface area contributed by atoms with E-state index in [0.717, 1.165) is 50.8 Å². The molecule has 0 saturated heterocycles. The summed E-state index contributed by atoms with van der Waals surface area (Å²) in [5, 5.41) is 15.4. The molecule has 7 heteroatoms. The summed E-state index contributed by atoms with van der Waals surface area (Å²) in [6.07, 6.45) is 4.88. The molecule has 24 heavy (non-hydrogen) atoms. The summed E-state index contributed by atoms with van der Waals surface area (Å²) >= 11 is 0. The zero-order valence-electron chi connectivity index (χ0n) is 15.2. The molecule has 2 heterocycles. The highest BCUT2D eigenvalue weighted by molar-refractivity contribution is 5.79. The largest absolute Gasteiger partial charge is 0.357 e. The Labute approximate surface area is 144 Å². The topological polar surface area (TPSA) is 72.1 Å². The van der Waals surface area contributed by atoms with Gasteiger partial charge in [-0.15, -0.1) is 0 Å². The van der Waals surface area contributed by atoms with Crippen LogP contribution < -0.4 is 10.6 Å². The molecule has 2 N–H and O–H groups in total. The van der Waals surface area contributed by atoms with Crippen LogP contribution >= 0.6 is 0 Å². The van der Waals surface area contributed by atoms with Gasteiger partial charge in [-0.05, 0) is 45.7 Å². The predicted octanol–water partition coefficient (Wildman–Crippen LogP) is 1.65. The molecule has 0 unspecified atom stereocenters. The van der Waals surface area contributed by atoms with Crippen LogP contribution in [0.5, 0.6) is 0 Å². The molecule has 0 bridgehead atoms. The van der Waals surface area contributed by atoms with Crippen LogP contribution in [-0.2, 0) is 13.1 Å². The molecule has 2 rings (SSSR count). The van der Waals surface area contributed by atoms with E-state index in [1.165, 1.54) is 11.3 Å². The smallest absolute Gasteiger partial charge is 0.191 e. The van der Waals surface area contributed by atoms with Crippen molar-refractivity contribution in [3.05, 3.63) is 35.4 Å². The molecule has 0 aliphatic heterocycles. The van der Waals surface area contributed by atoms with Crippen LogP contribution in [0, 0.1) is 20.8 Å². The van der Waals surface area contributed by atoms with Gasteiger partial charge in [0.05, 0.1) is 18.4 Å². The lowest BCUT2D eigenvalue weighted by Crippen LogP contribution is -2.39. The summed E-state index contributed by atoms with van der Waals surface area (Å²) < 4.78 is 3.99. The summed E-state index contributed by atoms with van der Waals surface area (Å²) in [6, 6.07) is 2.10. The van der Waals surface area contributed by atoms with Gasteiger partial charge in [-0.3, -0.25) is 14.4 Å². The fraction of sp³-hybridized carbons (Fsp3) is 0.588. The maximum Gasteiger partial charge on any atom is 0.191 e. The number of aryl methyl sites for hydroxylation is 4. The molecule has 2 aromatic heterocycles. The first-order valence-electron chi connectivity index (χ1n) is 8.60. The summed E-state index contributed by atoms with van der Waals surface area (Å²) in [6.45, 7) is 12.4. The number of nitrogens with zero attached hydrogens (tertiary/aromatic N) is 5. The zero-order chi connectivity index (χ0) is 17.4. The molecule has 0 aliphatic rings. The Balaban J connectivity index is 1.74. The van der Waals surface area contributed by atoms with Crippen molar-refractivity contribution in [3.8, 4) is 0 Å². The van der Waals surface area contributed by atoms with Crippen molar-refractivity contribution in [2.45, 2.75) is 47.2 Å². The van der Waals surface area contributed by atoms with Crippen molar-refractivity contribution in [1.82, 2.24) is 30.2 Å². The lowest BCUT2D eigenvalue weighted by molar-refractivity contribution is 0.565. The minimum atomic E-state index is 0.772. The third kappa shape index (κ3) is 5.72. The first-order chi connectivity index (χ1) is 11.6. The van der Waals surface area contributed by atoms with Gasteiger partial charge in [-0.2, -0.15) is 10.2 Å². The fourth-order valence-electron chi connectivity index (χ4n) is 2.53. The van der Waals surface area contributed by atoms with E-state index in [1.807, 2.05) is 35.6 Å². The van der Waals surface area contributed by atoms with E-state index in [-0.39, 0.29) is 0 Å². The predicted molar refractivity (Wildman–Crippen MR) is 97.3 cm³/mol. The molecule has 0 atom stereocenters. The van der Waals surface area contributed by atoms with Crippen LogP contribution in [0.4, 0.5) is 0 Å². The summed E-state index contributed by atoms with van der Waals surface area (Å²) in [4.78, 5) is 4.63. The average molecular weight is 331 g/mol. The highest BCUT2D eigenvalue weighted by Crippen LogP contribution is 2.02. The van der Waals surface area contributed by atoms with Gasteiger partial charge in [0, 0.05) is 38.1 Å². The van der Waals surface area contributed by atoms with Crippen LogP contribution in [0.2, 0.25) is 0 Å². The van der Waals surface area contributed by atoms with Gasteiger partial charge >= 0.3 is 0 Å². The van der Waals surface area contributed by atoms with Crippen LogP contribution in [-0.4, -0.2) is 45.2 Å². The van der Waals surface area contributed by atoms with Crippen LogP contribution in [0.25, 0.3) is 0 Å². The van der Waals surface area contributed by atoms with E-state index in [1.54, 1.807) is 0 Å². The number of rotatable bonds is 8. The van der Waals surface area contributed by atoms with Gasteiger partial charge in [0.2, 0.25) is 0 Å². The van der Waals surface area contributed by atoms with E-state index < -0.39 is 0 Å². The molecule has 0 fully saturated rings. The van der Waals surface area contributed by atoms with Gasteiger partial charge in [-0.1, -0.05) is 0 Å². The fourth-order valence-corrected chi connectivity index (χ4v) is 2.53. The third-order valence-electron chi connectivity index (χ3n) is 3.64. The summed E-state index contributed by atoms with van der Waals surface area (Å²) in [7, 11) is 0. The normalized spacial score (nSPS) is 11.8. The maximum atomic E-state index is 4.63. The number of aromatic nitrogens is 4. The second-order valence-electron chi connectivity index (χ2n) is 5.97. The van der Waals surface area contributed by atoms with E-state index in [9.17, 15) is 0 Å². The Kier molecular flexibility index (Phi) is 6.84. The van der Waals surface area contributed by atoms with E-state index in [4.69, 9.17) is 0 Å². The molecule has 2 aromatic rings. The van der Waals surface area contributed by atoms with Crippen molar-refractivity contribution in [2.24, 2.45) is 4.99 Å². The molecule has 0 saturated carbocycles. The van der Waals surface area contributed by atoms with Crippen molar-refractivity contribution in [3.63, 3.8) is 0 Å². The van der Waals surface area contributed by atoms with Crippen molar-refractivity contribution in [2.75, 3.05) is 19.6 Å².